The lowest BCUT2D eigenvalue weighted by molar-refractivity contribution is 0.157. The molecule has 0 aliphatic heterocycles. The van der Waals surface area contributed by atoms with E-state index in [2.05, 4.69) is 12.2 Å². The van der Waals surface area contributed by atoms with E-state index in [1.165, 1.54) is 0 Å². The van der Waals surface area contributed by atoms with Gasteiger partial charge < -0.3 is 14.5 Å². The van der Waals surface area contributed by atoms with Gasteiger partial charge >= 0.3 is 0 Å². The van der Waals surface area contributed by atoms with Gasteiger partial charge in [-0.1, -0.05) is 6.92 Å². The molecule has 0 spiro atoms. The van der Waals surface area contributed by atoms with Crippen LogP contribution in [-0.2, 0) is 4.74 Å². The Morgan fingerprint density at radius 1 is 1.54 bits per heavy atom. The summed E-state index contributed by atoms with van der Waals surface area (Å²) in [5.74, 6) is 1.88. The number of ether oxygens (including phenoxy) is 1. The molecule has 1 heterocycles. The maximum atomic E-state index is 5.51. The molecule has 1 aromatic heterocycles. The van der Waals surface area contributed by atoms with Crippen LogP contribution in [-0.4, -0.2) is 20.3 Å². The van der Waals surface area contributed by atoms with Crippen LogP contribution < -0.4 is 5.32 Å². The van der Waals surface area contributed by atoms with Gasteiger partial charge in [-0.05, 0) is 25.6 Å². The largest absolute Gasteiger partial charge is 0.465 e. The smallest absolute Gasteiger partial charge is 0.123 e. The average molecular weight is 183 g/mol. The van der Waals surface area contributed by atoms with Crippen molar-refractivity contribution >= 4 is 0 Å². The van der Waals surface area contributed by atoms with Gasteiger partial charge in [-0.25, -0.2) is 0 Å². The summed E-state index contributed by atoms with van der Waals surface area (Å²) in [6, 6.07) is 4.13. The number of hydrogen-bond acceptors (Lipinski definition) is 3. The van der Waals surface area contributed by atoms with Crippen LogP contribution in [0.15, 0.2) is 16.5 Å². The Bertz CT molecular complexity index is 239. The van der Waals surface area contributed by atoms with Gasteiger partial charge in [-0.2, -0.15) is 0 Å². The fourth-order valence-corrected chi connectivity index (χ4v) is 1.30. The standard InChI is InChI=1S/C10H17NO2/c1-4-11-9(7-12-3)10-6-5-8(2)13-10/h5-6,9,11H,4,7H2,1-3H3. The number of aryl methyl sites for hydroxylation is 1. The first-order valence-electron chi connectivity index (χ1n) is 4.56. The van der Waals surface area contributed by atoms with Crippen molar-refractivity contribution in [3.63, 3.8) is 0 Å². The van der Waals surface area contributed by atoms with Crippen LogP contribution in [0.5, 0.6) is 0 Å². The van der Waals surface area contributed by atoms with E-state index in [1.54, 1.807) is 7.11 Å². The summed E-state index contributed by atoms with van der Waals surface area (Å²) in [4.78, 5) is 0. The van der Waals surface area contributed by atoms with E-state index >= 15 is 0 Å². The molecule has 0 bridgehead atoms. The second-order valence-electron chi connectivity index (χ2n) is 3.01. The first-order valence-corrected chi connectivity index (χ1v) is 4.56. The van der Waals surface area contributed by atoms with Crippen LogP contribution in [0, 0.1) is 6.92 Å². The summed E-state index contributed by atoms with van der Waals surface area (Å²) >= 11 is 0. The quantitative estimate of drug-likeness (QED) is 0.757. The molecule has 1 rings (SSSR count). The molecule has 0 aliphatic rings. The second-order valence-corrected chi connectivity index (χ2v) is 3.01. The number of furan rings is 1. The van der Waals surface area contributed by atoms with Crippen LogP contribution in [0.4, 0.5) is 0 Å². The number of likely N-dealkylation sites (N-methyl/N-ethyl adjacent to an activating group) is 1. The molecule has 1 N–H and O–H groups in total. The summed E-state index contributed by atoms with van der Waals surface area (Å²) in [5, 5.41) is 3.29. The Kier molecular flexibility index (Phi) is 3.99. The van der Waals surface area contributed by atoms with Crippen molar-refractivity contribution in [3.05, 3.63) is 23.7 Å². The van der Waals surface area contributed by atoms with E-state index in [-0.39, 0.29) is 6.04 Å². The molecule has 74 valence electrons. The maximum Gasteiger partial charge on any atom is 0.123 e. The molecule has 0 radical (unpaired) electrons. The van der Waals surface area contributed by atoms with Gasteiger partial charge in [0.2, 0.25) is 0 Å². The average Bonchev–Trinajstić information content (AvgIpc) is 2.51. The van der Waals surface area contributed by atoms with Crippen LogP contribution >= 0.6 is 0 Å². The van der Waals surface area contributed by atoms with Gasteiger partial charge in [-0.15, -0.1) is 0 Å². The Hall–Kier alpha value is -0.800. The predicted molar refractivity (Wildman–Crippen MR) is 51.7 cm³/mol. The second kappa shape index (κ2) is 5.04. The third kappa shape index (κ3) is 2.86. The van der Waals surface area contributed by atoms with Gasteiger partial charge in [0.05, 0.1) is 12.6 Å². The van der Waals surface area contributed by atoms with Gasteiger partial charge in [0.25, 0.3) is 0 Å². The fourth-order valence-electron chi connectivity index (χ4n) is 1.30. The zero-order chi connectivity index (χ0) is 9.68. The van der Waals surface area contributed by atoms with E-state index in [0.29, 0.717) is 6.61 Å². The van der Waals surface area contributed by atoms with E-state index in [4.69, 9.17) is 9.15 Å². The highest BCUT2D eigenvalue weighted by atomic mass is 16.5. The summed E-state index contributed by atoms with van der Waals surface area (Å²) in [5.41, 5.74) is 0. The van der Waals surface area contributed by atoms with Crippen molar-refractivity contribution in [1.82, 2.24) is 5.32 Å². The molecule has 0 amide bonds. The topological polar surface area (TPSA) is 34.4 Å². The van der Waals surface area contributed by atoms with E-state index < -0.39 is 0 Å². The SMILES string of the molecule is CCNC(COC)c1ccc(C)o1. The minimum absolute atomic E-state index is 0.170. The zero-order valence-electron chi connectivity index (χ0n) is 8.46. The Labute approximate surface area is 79.1 Å². The molecule has 0 aromatic carbocycles. The van der Waals surface area contributed by atoms with Crippen molar-refractivity contribution in [2.45, 2.75) is 19.9 Å². The van der Waals surface area contributed by atoms with Crippen molar-refractivity contribution < 1.29 is 9.15 Å². The molecule has 1 atom stereocenters. The zero-order valence-corrected chi connectivity index (χ0v) is 8.46. The van der Waals surface area contributed by atoms with Crippen LogP contribution in [0.3, 0.4) is 0 Å². The molecular weight excluding hydrogens is 166 g/mol. The van der Waals surface area contributed by atoms with E-state index in [0.717, 1.165) is 18.1 Å². The lowest BCUT2D eigenvalue weighted by atomic mass is 10.2. The van der Waals surface area contributed by atoms with Gasteiger partial charge in [0.1, 0.15) is 11.5 Å². The highest BCUT2D eigenvalue weighted by Crippen LogP contribution is 2.16. The third-order valence-corrected chi connectivity index (χ3v) is 1.89. The van der Waals surface area contributed by atoms with Crippen molar-refractivity contribution in [1.29, 1.82) is 0 Å². The predicted octanol–water partition coefficient (Wildman–Crippen LogP) is 1.89. The summed E-state index contributed by atoms with van der Waals surface area (Å²) in [6.45, 7) is 5.56. The lowest BCUT2D eigenvalue weighted by Crippen LogP contribution is -2.24. The highest BCUT2D eigenvalue weighted by Gasteiger charge is 2.12. The summed E-state index contributed by atoms with van der Waals surface area (Å²) in [7, 11) is 1.69. The van der Waals surface area contributed by atoms with Crippen molar-refractivity contribution in [3.8, 4) is 0 Å². The fraction of sp³-hybridized carbons (Fsp3) is 0.600. The van der Waals surface area contributed by atoms with Gasteiger partial charge in [0, 0.05) is 7.11 Å². The van der Waals surface area contributed by atoms with E-state index in [9.17, 15) is 0 Å². The normalized spacial score (nSPS) is 13.2. The lowest BCUT2D eigenvalue weighted by Gasteiger charge is -2.13. The van der Waals surface area contributed by atoms with Crippen LogP contribution in [0.1, 0.15) is 24.5 Å². The van der Waals surface area contributed by atoms with Crippen molar-refractivity contribution in [2.75, 3.05) is 20.3 Å². The molecule has 3 heteroatoms. The first kappa shape index (κ1) is 10.3. The number of nitrogens with one attached hydrogen (secondary N) is 1. The van der Waals surface area contributed by atoms with Gasteiger partial charge in [-0.3, -0.25) is 0 Å². The van der Waals surface area contributed by atoms with Crippen molar-refractivity contribution in [2.24, 2.45) is 0 Å². The molecular formula is C10H17NO2. The molecule has 0 fully saturated rings. The monoisotopic (exact) mass is 183 g/mol. The van der Waals surface area contributed by atoms with Crippen LogP contribution in [0.2, 0.25) is 0 Å². The third-order valence-electron chi connectivity index (χ3n) is 1.89. The number of methoxy groups -OCH3 is 1. The number of hydrogen-bond donors (Lipinski definition) is 1. The molecule has 0 saturated heterocycles. The Morgan fingerprint density at radius 3 is 2.77 bits per heavy atom. The molecule has 0 saturated carbocycles. The van der Waals surface area contributed by atoms with Gasteiger partial charge in [0.15, 0.2) is 0 Å². The summed E-state index contributed by atoms with van der Waals surface area (Å²) in [6.07, 6.45) is 0. The molecule has 1 aromatic rings. The van der Waals surface area contributed by atoms with E-state index in [1.807, 2.05) is 19.1 Å². The summed E-state index contributed by atoms with van der Waals surface area (Å²) < 4.78 is 10.6. The molecule has 13 heavy (non-hydrogen) atoms. The first-order chi connectivity index (χ1) is 6.27. The molecule has 1 unspecified atom stereocenters. The molecule has 0 aliphatic carbocycles. The molecule has 3 nitrogen and oxygen atoms in total. The minimum Gasteiger partial charge on any atom is -0.465 e. The maximum absolute atomic E-state index is 5.51. The highest BCUT2D eigenvalue weighted by molar-refractivity contribution is 5.09. The van der Waals surface area contributed by atoms with Crippen LogP contribution in [0.25, 0.3) is 0 Å². The number of rotatable bonds is 5. The Balaban J connectivity index is 2.63. The Morgan fingerprint density at radius 2 is 2.31 bits per heavy atom. The minimum atomic E-state index is 0.170.